The van der Waals surface area contributed by atoms with E-state index < -0.39 is 5.54 Å². The van der Waals surface area contributed by atoms with Crippen molar-refractivity contribution in [1.29, 1.82) is 0 Å². The zero-order valence-electron chi connectivity index (χ0n) is 7.93. The number of ether oxygens (including phenoxy) is 1. The van der Waals surface area contributed by atoms with Crippen LogP contribution >= 0.6 is 0 Å². The molecule has 1 heterocycles. The highest BCUT2D eigenvalue weighted by molar-refractivity contribution is 5.86. The van der Waals surface area contributed by atoms with Crippen LogP contribution in [0.1, 0.15) is 13.3 Å². The van der Waals surface area contributed by atoms with E-state index in [2.05, 4.69) is 11.9 Å². The molecule has 1 fully saturated rings. The third-order valence-corrected chi connectivity index (χ3v) is 2.06. The number of rotatable bonds is 3. The zero-order valence-corrected chi connectivity index (χ0v) is 7.93. The second-order valence-corrected chi connectivity index (χ2v) is 3.60. The molecule has 1 aliphatic rings. The summed E-state index contributed by atoms with van der Waals surface area (Å²) in [6.07, 6.45) is 0.592. The Morgan fingerprint density at radius 1 is 1.77 bits per heavy atom. The van der Waals surface area contributed by atoms with Crippen molar-refractivity contribution in [3.8, 4) is 0 Å². The zero-order chi connectivity index (χ0) is 9.90. The summed E-state index contributed by atoms with van der Waals surface area (Å²) in [5.41, 5.74) is 5.91. The topological polar surface area (TPSA) is 64.4 Å². The van der Waals surface area contributed by atoms with Gasteiger partial charge in [-0.1, -0.05) is 12.2 Å². The Kier molecular flexibility index (Phi) is 3.06. The van der Waals surface area contributed by atoms with Gasteiger partial charge in [0.1, 0.15) is 5.54 Å². The van der Waals surface area contributed by atoms with E-state index in [9.17, 15) is 4.79 Å². The van der Waals surface area contributed by atoms with Crippen LogP contribution in [0.4, 0.5) is 0 Å². The number of hydrogen-bond donors (Lipinski definition) is 2. The van der Waals surface area contributed by atoms with E-state index in [1.807, 2.05) is 6.92 Å². The molecule has 0 aliphatic carbocycles. The summed E-state index contributed by atoms with van der Waals surface area (Å²) in [5, 5.41) is 2.72. The van der Waals surface area contributed by atoms with E-state index in [0.29, 0.717) is 26.2 Å². The van der Waals surface area contributed by atoms with Gasteiger partial charge in [0.2, 0.25) is 5.91 Å². The second-order valence-electron chi connectivity index (χ2n) is 3.60. The number of amides is 1. The second kappa shape index (κ2) is 3.89. The van der Waals surface area contributed by atoms with E-state index in [-0.39, 0.29) is 5.91 Å². The first kappa shape index (κ1) is 10.2. The Labute approximate surface area is 78.1 Å². The molecule has 0 aromatic rings. The summed E-state index contributed by atoms with van der Waals surface area (Å²) in [7, 11) is 0. The predicted molar refractivity (Wildman–Crippen MR) is 50.2 cm³/mol. The minimum atomic E-state index is -0.824. The molecule has 1 atom stereocenters. The summed E-state index contributed by atoms with van der Waals surface area (Å²) < 4.78 is 5.08. The molecule has 1 unspecified atom stereocenters. The van der Waals surface area contributed by atoms with Gasteiger partial charge >= 0.3 is 0 Å². The van der Waals surface area contributed by atoms with Crippen molar-refractivity contribution in [2.24, 2.45) is 5.73 Å². The highest BCUT2D eigenvalue weighted by Gasteiger charge is 2.37. The van der Waals surface area contributed by atoms with Gasteiger partial charge < -0.3 is 15.8 Å². The highest BCUT2D eigenvalue weighted by Crippen LogP contribution is 2.15. The van der Waals surface area contributed by atoms with Gasteiger partial charge in [-0.3, -0.25) is 4.79 Å². The van der Waals surface area contributed by atoms with Crippen molar-refractivity contribution in [2.45, 2.75) is 18.9 Å². The van der Waals surface area contributed by atoms with Crippen LogP contribution in [0, 0.1) is 0 Å². The smallest absolute Gasteiger partial charge is 0.242 e. The molecule has 0 aromatic heterocycles. The van der Waals surface area contributed by atoms with Gasteiger partial charge in [0, 0.05) is 13.2 Å². The molecule has 0 bridgehead atoms. The first-order valence-electron chi connectivity index (χ1n) is 4.34. The first-order valence-corrected chi connectivity index (χ1v) is 4.34. The van der Waals surface area contributed by atoms with Gasteiger partial charge in [0.25, 0.3) is 0 Å². The lowest BCUT2D eigenvalue weighted by molar-refractivity contribution is -0.126. The summed E-state index contributed by atoms with van der Waals surface area (Å²) in [6, 6.07) is 0. The minimum Gasteiger partial charge on any atom is -0.379 e. The Bertz CT molecular complexity index is 220. The number of carbonyl (C=O) groups is 1. The quantitative estimate of drug-likeness (QED) is 0.597. The van der Waals surface area contributed by atoms with E-state index >= 15 is 0 Å². The molecule has 0 saturated carbocycles. The summed E-state index contributed by atoms with van der Waals surface area (Å²) in [5.74, 6) is -0.145. The minimum absolute atomic E-state index is 0.145. The van der Waals surface area contributed by atoms with E-state index in [0.717, 1.165) is 5.57 Å². The van der Waals surface area contributed by atoms with Crippen LogP contribution < -0.4 is 11.1 Å². The Balaban J connectivity index is 2.42. The van der Waals surface area contributed by atoms with Crippen LogP contribution in [0.2, 0.25) is 0 Å². The van der Waals surface area contributed by atoms with Crippen LogP contribution in [0.5, 0.6) is 0 Å². The maximum Gasteiger partial charge on any atom is 0.242 e. The molecule has 74 valence electrons. The van der Waals surface area contributed by atoms with Gasteiger partial charge in [-0.05, 0) is 13.3 Å². The van der Waals surface area contributed by atoms with Crippen LogP contribution in [0.15, 0.2) is 12.2 Å². The molecule has 4 nitrogen and oxygen atoms in total. The van der Waals surface area contributed by atoms with Crippen LogP contribution in [-0.4, -0.2) is 31.2 Å². The number of carbonyl (C=O) groups excluding carboxylic acids is 1. The lowest BCUT2D eigenvalue weighted by Gasteiger charge is -2.20. The third-order valence-electron chi connectivity index (χ3n) is 2.06. The summed E-state index contributed by atoms with van der Waals surface area (Å²) >= 11 is 0. The molecule has 3 N–H and O–H groups in total. The maximum atomic E-state index is 11.5. The average molecular weight is 184 g/mol. The summed E-state index contributed by atoms with van der Waals surface area (Å²) in [6.45, 7) is 6.91. The normalized spacial score (nSPS) is 27.2. The van der Waals surface area contributed by atoms with Gasteiger partial charge in [-0.25, -0.2) is 0 Å². The van der Waals surface area contributed by atoms with Crippen LogP contribution in [-0.2, 0) is 9.53 Å². The number of nitrogens with two attached hydrogens (primary N) is 1. The number of hydrogen-bond acceptors (Lipinski definition) is 3. The molecule has 0 radical (unpaired) electrons. The van der Waals surface area contributed by atoms with Crippen molar-refractivity contribution in [1.82, 2.24) is 5.32 Å². The lowest BCUT2D eigenvalue weighted by Crippen LogP contribution is -2.54. The van der Waals surface area contributed by atoms with Crippen molar-refractivity contribution in [3.63, 3.8) is 0 Å². The standard InChI is InChI=1S/C9H16N2O2/c1-7(2)5-11-8(12)9(10)3-4-13-6-9/h1,3-6,10H2,2H3,(H,11,12). The Morgan fingerprint density at radius 3 is 2.92 bits per heavy atom. The molecule has 13 heavy (non-hydrogen) atoms. The average Bonchev–Trinajstić information content (AvgIpc) is 2.49. The van der Waals surface area contributed by atoms with Gasteiger partial charge in [0.05, 0.1) is 6.61 Å². The lowest BCUT2D eigenvalue weighted by atomic mass is 9.99. The Morgan fingerprint density at radius 2 is 2.46 bits per heavy atom. The predicted octanol–water partition coefficient (Wildman–Crippen LogP) is -0.203. The molecular formula is C9H16N2O2. The van der Waals surface area contributed by atoms with Crippen LogP contribution in [0.3, 0.4) is 0 Å². The molecule has 0 spiro atoms. The van der Waals surface area contributed by atoms with Gasteiger partial charge in [0.15, 0.2) is 0 Å². The van der Waals surface area contributed by atoms with E-state index in [1.54, 1.807) is 0 Å². The maximum absolute atomic E-state index is 11.5. The van der Waals surface area contributed by atoms with Crippen molar-refractivity contribution < 1.29 is 9.53 Å². The van der Waals surface area contributed by atoms with Crippen molar-refractivity contribution in [3.05, 3.63) is 12.2 Å². The summed E-state index contributed by atoms with van der Waals surface area (Å²) in [4.78, 5) is 11.5. The van der Waals surface area contributed by atoms with Gasteiger partial charge in [-0.15, -0.1) is 0 Å². The van der Waals surface area contributed by atoms with E-state index in [4.69, 9.17) is 10.5 Å². The monoisotopic (exact) mass is 184 g/mol. The fourth-order valence-electron chi connectivity index (χ4n) is 1.17. The molecule has 1 aliphatic heterocycles. The first-order chi connectivity index (χ1) is 6.04. The molecule has 1 rings (SSSR count). The van der Waals surface area contributed by atoms with Crippen LogP contribution in [0.25, 0.3) is 0 Å². The molecule has 4 heteroatoms. The van der Waals surface area contributed by atoms with Crippen molar-refractivity contribution >= 4 is 5.91 Å². The highest BCUT2D eigenvalue weighted by atomic mass is 16.5. The SMILES string of the molecule is C=C(C)CNC(=O)C1(N)CCOC1. The van der Waals surface area contributed by atoms with E-state index in [1.165, 1.54) is 0 Å². The fourth-order valence-corrected chi connectivity index (χ4v) is 1.17. The largest absolute Gasteiger partial charge is 0.379 e. The molecular weight excluding hydrogens is 168 g/mol. The molecule has 0 aromatic carbocycles. The fraction of sp³-hybridized carbons (Fsp3) is 0.667. The number of nitrogens with one attached hydrogen (secondary N) is 1. The molecule has 1 amide bonds. The van der Waals surface area contributed by atoms with Gasteiger partial charge in [-0.2, -0.15) is 0 Å². The third kappa shape index (κ3) is 2.54. The molecule has 1 saturated heterocycles. The van der Waals surface area contributed by atoms with Crippen molar-refractivity contribution in [2.75, 3.05) is 19.8 Å². The Hall–Kier alpha value is -0.870.